The third-order valence-electron chi connectivity index (χ3n) is 5.17. The van der Waals surface area contributed by atoms with Crippen molar-refractivity contribution >= 4 is 5.91 Å². The van der Waals surface area contributed by atoms with Crippen LogP contribution in [-0.4, -0.2) is 60.6 Å². The number of rotatable bonds is 2. The van der Waals surface area contributed by atoms with Crippen molar-refractivity contribution in [3.8, 4) is 0 Å². The fourth-order valence-corrected chi connectivity index (χ4v) is 3.91. The number of carbonyl (C=O) groups excluding carboxylic acids is 1. The van der Waals surface area contributed by atoms with E-state index in [1.54, 1.807) is 0 Å². The monoisotopic (exact) mass is 280 g/mol. The van der Waals surface area contributed by atoms with Crippen molar-refractivity contribution in [2.45, 2.75) is 63.5 Å². The fourth-order valence-electron chi connectivity index (χ4n) is 3.91. The lowest BCUT2D eigenvalue weighted by molar-refractivity contribution is -0.143. The average Bonchev–Trinajstić information content (AvgIpc) is 2.89. The van der Waals surface area contributed by atoms with E-state index in [1.807, 2.05) is 4.90 Å². The first-order chi connectivity index (χ1) is 9.84. The van der Waals surface area contributed by atoms with Gasteiger partial charge in [-0.3, -0.25) is 9.69 Å². The summed E-state index contributed by atoms with van der Waals surface area (Å²) < 4.78 is 5.52. The molecule has 3 rings (SSSR count). The Kier molecular flexibility index (Phi) is 4.94. The van der Waals surface area contributed by atoms with Gasteiger partial charge in [-0.15, -0.1) is 0 Å². The summed E-state index contributed by atoms with van der Waals surface area (Å²) in [6.45, 7) is 4.68. The molecule has 2 aliphatic heterocycles. The lowest BCUT2D eigenvalue weighted by Gasteiger charge is -2.39. The zero-order valence-corrected chi connectivity index (χ0v) is 12.6. The van der Waals surface area contributed by atoms with Gasteiger partial charge in [0.1, 0.15) is 6.10 Å². The topological polar surface area (TPSA) is 32.8 Å². The Morgan fingerprint density at radius 2 is 1.55 bits per heavy atom. The Bertz CT molecular complexity index is 312. The lowest BCUT2D eigenvalue weighted by atomic mass is 10.1. The normalized spacial score (nSPS) is 30.4. The van der Waals surface area contributed by atoms with E-state index >= 15 is 0 Å². The molecule has 1 aliphatic carbocycles. The molecule has 2 saturated heterocycles. The van der Waals surface area contributed by atoms with Crippen LogP contribution < -0.4 is 0 Å². The summed E-state index contributed by atoms with van der Waals surface area (Å²) in [7, 11) is 0. The molecular weight excluding hydrogens is 252 g/mol. The molecule has 0 aromatic heterocycles. The van der Waals surface area contributed by atoms with Crippen LogP contribution in [0.25, 0.3) is 0 Å². The molecule has 0 aromatic rings. The highest BCUT2D eigenvalue weighted by Crippen LogP contribution is 2.23. The van der Waals surface area contributed by atoms with E-state index in [1.165, 1.54) is 38.5 Å². The predicted octanol–water partition coefficient (Wildman–Crippen LogP) is 2.03. The highest BCUT2D eigenvalue weighted by molar-refractivity contribution is 5.81. The van der Waals surface area contributed by atoms with Gasteiger partial charge >= 0.3 is 0 Å². The van der Waals surface area contributed by atoms with Crippen molar-refractivity contribution in [2.24, 2.45) is 0 Å². The van der Waals surface area contributed by atoms with E-state index in [-0.39, 0.29) is 12.0 Å². The molecule has 1 saturated carbocycles. The van der Waals surface area contributed by atoms with Crippen LogP contribution in [0.4, 0.5) is 0 Å². The molecule has 0 N–H and O–H groups in total. The first-order valence-corrected chi connectivity index (χ1v) is 8.49. The molecule has 0 aromatic carbocycles. The maximum atomic E-state index is 12.3. The predicted molar refractivity (Wildman–Crippen MR) is 78.6 cm³/mol. The fraction of sp³-hybridized carbons (Fsp3) is 0.938. The van der Waals surface area contributed by atoms with Crippen molar-refractivity contribution in [2.75, 3.05) is 32.8 Å². The third-order valence-corrected chi connectivity index (χ3v) is 5.17. The van der Waals surface area contributed by atoms with Crippen molar-refractivity contribution in [3.63, 3.8) is 0 Å². The molecule has 4 nitrogen and oxygen atoms in total. The summed E-state index contributed by atoms with van der Waals surface area (Å²) in [6, 6.07) is 0.775. The zero-order valence-electron chi connectivity index (χ0n) is 12.6. The van der Waals surface area contributed by atoms with Gasteiger partial charge in [0.15, 0.2) is 0 Å². The van der Waals surface area contributed by atoms with E-state index in [4.69, 9.17) is 4.74 Å². The molecule has 2 heterocycles. The van der Waals surface area contributed by atoms with Crippen molar-refractivity contribution in [3.05, 3.63) is 0 Å². The molecule has 20 heavy (non-hydrogen) atoms. The van der Waals surface area contributed by atoms with Crippen LogP contribution in [0.15, 0.2) is 0 Å². The summed E-state index contributed by atoms with van der Waals surface area (Å²) in [6.07, 6.45) is 10.1. The first-order valence-electron chi connectivity index (χ1n) is 8.49. The minimum Gasteiger partial charge on any atom is -0.368 e. The second-order valence-corrected chi connectivity index (χ2v) is 6.51. The van der Waals surface area contributed by atoms with Crippen LogP contribution >= 0.6 is 0 Å². The first kappa shape index (κ1) is 14.3. The van der Waals surface area contributed by atoms with Crippen LogP contribution in [0.3, 0.4) is 0 Å². The second-order valence-electron chi connectivity index (χ2n) is 6.51. The summed E-state index contributed by atoms with van der Waals surface area (Å²) in [5.41, 5.74) is 0. The molecule has 1 unspecified atom stereocenters. The molecule has 1 amide bonds. The molecule has 1 atom stereocenters. The quantitative estimate of drug-likeness (QED) is 0.726. The van der Waals surface area contributed by atoms with Gasteiger partial charge in [-0.1, -0.05) is 25.7 Å². The molecule has 4 heteroatoms. The Morgan fingerprint density at radius 3 is 2.15 bits per heavy atom. The van der Waals surface area contributed by atoms with Gasteiger partial charge in [0.2, 0.25) is 0 Å². The number of ether oxygens (including phenoxy) is 1. The van der Waals surface area contributed by atoms with E-state index in [2.05, 4.69) is 4.90 Å². The number of piperazine rings is 1. The van der Waals surface area contributed by atoms with Gasteiger partial charge in [0.25, 0.3) is 5.91 Å². The number of nitrogens with zero attached hydrogens (tertiary/aromatic N) is 2. The van der Waals surface area contributed by atoms with Gasteiger partial charge in [-0.2, -0.15) is 0 Å². The highest BCUT2D eigenvalue weighted by atomic mass is 16.5. The summed E-state index contributed by atoms with van der Waals surface area (Å²) >= 11 is 0. The third kappa shape index (κ3) is 3.34. The Hall–Kier alpha value is -0.610. The molecular formula is C16H28N2O2. The molecule has 3 fully saturated rings. The zero-order chi connectivity index (χ0) is 13.8. The van der Waals surface area contributed by atoms with E-state index in [9.17, 15) is 4.79 Å². The minimum atomic E-state index is -0.139. The smallest absolute Gasteiger partial charge is 0.251 e. The Balaban J connectivity index is 1.47. The average molecular weight is 280 g/mol. The number of carbonyl (C=O) groups is 1. The van der Waals surface area contributed by atoms with Gasteiger partial charge in [-0.05, 0) is 25.7 Å². The molecule has 0 spiro atoms. The van der Waals surface area contributed by atoms with Crippen molar-refractivity contribution in [1.29, 1.82) is 0 Å². The van der Waals surface area contributed by atoms with Crippen LogP contribution in [0, 0.1) is 0 Å². The van der Waals surface area contributed by atoms with Gasteiger partial charge in [-0.25, -0.2) is 0 Å². The standard InChI is InChI=1S/C16H28N2O2/c19-16(15-8-5-13-20-15)18-11-9-17(10-12-18)14-6-3-1-2-4-7-14/h14-15H,1-13H2. The van der Waals surface area contributed by atoms with E-state index < -0.39 is 0 Å². The minimum absolute atomic E-state index is 0.139. The van der Waals surface area contributed by atoms with Gasteiger partial charge < -0.3 is 9.64 Å². The maximum Gasteiger partial charge on any atom is 0.251 e. The van der Waals surface area contributed by atoms with Crippen LogP contribution in [0.1, 0.15) is 51.4 Å². The number of hydrogen-bond acceptors (Lipinski definition) is 3. The molecule has 3 aliphatic rings. The van der Waals surface area contributed by atoms with Crippen molar-refractivity contribution in [1.82, 2.24) is 9.80 Å². The maximum absolute atomic E-state index is 12.3. The summed E-state index contributed by atoms with van der Waals surface area (Å²) in [4.78, 5) is 17.0. The number of hydrogen-bond donors (Lipinski definition) is 0. The van der Waals surface area contributed by atoms with E-state index in [0.717, 1.165) is 51.7 Å². The lowest BCUT2D eigenvalue weighted by Crippen LogP contribution is -2.53. The SMILES string of the molecule is O=C(C1CCCO1)N1CCN(C2CCCCCC2)CC1. The van der Waals surface area contributed by atoms with Gasteiger partial charge in [0, 0.05) is 38.8 Å². The molecule has 114 valence electrons. The Labute approximate surface area is 122 Å². The van der Waals surface area contributed by atoms with E-state index in [0.29, 0.717) is 0 Å². The second kappa shape index (κ2) is 6.90. The largest absolute Gasteiger partial charge is 0.368 e. The Morgan fingerprint density at radius 1 is 0.850 bits per heavy atom. The summed E-state index contributed by atoms with van der Waals surface area (Å²) in [5, 5.41) is 0. The van der Waals surface area contributed by atoms with Crippen molar-refractivity contribution < 1.29 is 9.53 Å². The van der Waals surface area contributed by atoms with Crippen LogP contribution in [-0.2, 0) is 9.53 Å². The molecule has 0 radical (unpaired) electrons. The van der Waals surface area contributed by atoms with Crippen LogP contribution in [0.2, 0.25) is 0 Å². The van der Waals surface area contributed by atoms with Crippen LogP contribution in [0.5, 0.6) is 0 Å². The highest BCUT2D eigenvalue weighted by Gasteiger charge is 2.31. The molecule has 0 bridgehead atoms. The number of amides is 1. The van der Waals surface area contributed by atoms with Gasteiger partial charge in [0.05, 0.1) is 0 Å². The summed E-state index contributed by atoms with van der Waals surface area (Å²) in [5.74, 6) is 0.239.